The number of primary amides is 1. The molecule has 86 heavy (non-hydrogen) atoms. The van der Waals surface area contributed by atoms with Gasteiger partial charge in [0.1, 0.15) is 87.6 Å². The number of carbonyl (C=O) groups excluding carboxylic acids is 5. The van der Waals surface area contributed by atoms with Gasteiger partial charge in [0.05, 0.1) is 29.0 Å². The first-order valence-electron chi connectivity index (χ1n) is 23.5. The van der Waals surface area contributed by atoms with Gasteiger partial charge in [-0.25, -0.2) is 29.9 Å². The summed E-state index contributed by atoms with van der Waals surface area (Å²) < 4.78 is 4.44. The zero-order valence-corrected chi connectivity index (χ0v) is 50.5. The lowest BCUT2D eigenvalue weighted by molar-refractivity contribution is -0.112. The fourth-order valence-electron chi connectivity index (χ4n) is 7.30. The van der Waals surface area contributed by atoms with Crippen LogP contribution in [0.1, 0.15) is 84.5 Å². The first-order chi connectivity index (χ1) is 39.5. The zero-order chi connectivity index (χ0) is 62.6. The highest BCUT2D eigenvalue weighted by Gasteiger charge is 2.42. The SMILES string of the molecule is C.C.C=CC(C)=O.C=CC1(C)NC(=O)c2c(Cl)cc(Br)c(=O)n21.C=CC1(C)NC(=O)c2c(Cl)cc(Nc3ccncn3)c(=O)n21.C=CC1(C)NC(=O)c2c(Cl)cc(Nc3ccncn3)c(=O)n21.NC(=O)c1[nH]c(=O)c(Br)cc1Cl.Nc1ccncn1. The second-order valence-electron chi connectivity index (χ2n) is 17.5. The predicted molar refractivity (Wildman–Crippen MR) is 338 cm³/mol. The number of ketones is 1. The molecule has 3 aliphatic rings. The molecule has 0 saturated carbocycles. The minimum Gasteiger partial charge on any atom is -0.384 e. The number of amides is 4. The van der Waals surface area contributed by atoms with Gasteiger partial charge in [0.25, 0.3) is 45.9 Å². The molecule has 26 nitrogen and oxygen atoms in total. The normalized spacial score (nSPS) is 16.7. The Morgan fingerprint density at radius 2 is 0.930 bits per heavy atom. The molecule has 7 aromatic rings. The van der Waals surface area contributed by atoms with Crippen LogP contribution in [0.25, 0.3) is 0 Å². The number of rotatable bonds is 9. The monoisotopic (exact) mass is 1380 g/mol. The zero-order valence-electron chi connectivity index (χ0n) is 44.3. The van der Waals surface area contributed by atoms with Crippen molar-refractivity contribution in [1.82, 2.24) is 64.5 Å². The molecule has 0 saturated heterocycles. The summed E-state index contributed by atoms with van der Waals surface area (Å²) in [6.45, 7) is 20.7. The molecule has 32 heteroatoms. The van der Waals surface area contributed by atoms with E-state index in [4.69, 9.17) is 57.9 Å². The van der Waals surface area contributed by atoms with Crippen molar-refractivity contribution >= 4 is 137 Å². The number of allylic oxidation sites excluding steroid dienone is 1. The number of carbonyl (C=O) groups is 5. The second-order valence-corrected chi connectivity index (χ2v) is 20.8. The summed E-state index contributed by atoms with van der Waals surface area (Å²) in [6, 6.07) is 10.4. The van der Waals surface area contributed by atoms with E-state index >= 15 is 0 Å². The molecule has 4 amide bonds. The van der Waals surface area contributed by atoms with Gasteiger partial charge in [-0.2, -0.15) is 0 Å². The van der Waals surface area contributed by atoms with Crippen molar-refractivity contribution < 1.29 is 24.0 Å². The second kappa shape index (κ2) is 30.2. The van der Waals surface area contributed by atoms with Crippen LogP contribution in [0.15, 0.2) is 159 Å². The van der Waals surface area contributed by atoms with Crippen LogP contribution in [0, 0.1) is 0 Å². The van der Waals surface area contributed by atoms with Crippen LogP contribution < -0.4 is 60.3 Å². The van der Waals surface area contributed by atoms with Crippen LogP contribution in [-0.4, -0.2) is 78.0 Å². The molecule has 10 N–H and O–H groups in total. The largest absolute Gasteiger partial charge is 0.384 e. The molecule has 10 rings (SSSR count). The van der Waals surface area contributed by atoms with Gasteiger partial charge >= 0.3 is 0 Å². The van der Waals surface area contributed by atoms with Crippen LogP contribution in [-0.2, 0) is 21.8 Å². The Labute approximate surface area is 527 Å². The number of hydrogen-bond acceptors (Lipinski definition) is 18. The van der Waals surface area contributed by atoms with E-state index in [0.29, 0.717) is 21.9 Å². The van der Waals surface area contributed by atoms with E-state index in [1.807, 2.05) is 0 Å². The van der Waals surface area contributed by atoms with E-state index in [2.05, 4.69) is 120 Å². The Kier molecular flexibility index (Phi) is 25.1. The summed E-state index contributed by atoms with van der Waals surface area (Å²) in [7, 11) is 0. The van der Waals surface area contributed by atoms with E-state index in [-0.39, 0.29) is 90.8 Å². The van der Waals surface area contributed by atoms with Crippen molar-refractivity contribution in [3.8, 4) is 0 Å². The molecule has 10 heterocycles. The Morgan fingerprint density at radius 1 is 0.581 bits per heavy atom. The summed E-state index contributed by atoms with van der Waals surface area (Å²) in [5.74, 6) is -0.555. The molecule has 7 aromatic heterocycles. The van der Waals surface area contributed by atoms with Gasteiger partial charge in [0, 0.05) is 18.6 Å². The number of halogens is 6. The first-order valence-corrected chi connectivity index (χ1v) is 26.6. The van der Waals surface area contributed by atoms with Crippen LogP contribution in [0.2, 0.25) is 20.1 Å². The predicted octanol–water partition coefficient (Wildman–Crippen LogP) is 8.12. The first kappa shape index (κ1) is 71.3. The van der Waals surface area contributed by atoms with Gasteiger partial charge in [-0.05, 0) is 126 Å². The Morgan fingerprint density at radius 3 is 1.23 bits per heavy atom. The third-order valence-corrected chi connectivity index (χ3v) is 13.8. The number of aromatic amines is 1. The molecule has 0 aliphatic carbocycles. The maximum absolute atomic E-state index is 12.7. The molecular formula is C54H55Br2Cl4N17O9. The van der Waals surface area contributed by atoms with Crippen molar-refractivity contribution in [2.45, 2.75) is 59.5 Å². The fourth-order valence-corrected chi connectivity index (χ4v) is 9.38. The summed E-state index contributed by atoms with van der Waals surface area (Å²) in [5, 5.41) is 14.5. The summed E-state index contributed by atoms with van der Waals surface area (Å²) in [4.78, 5) is 130. The van der Waals surface area contributed by atoms with Gasteiger partial charge < -0.3 is 43.0 Å². The van der Waals surface area contributed by atoms with Crippen LogP contribution >= 0.6 is 78.3 Å². The number of fused-ring (bicyclic) bond motifs is 3. The highest BCUT2D eigenvalue weighted by Crippen LogP contribution is 2.32. The van der Waals surface area contributed by atoms with E-state index in [0.717, 1.165) is 0 Å². The lowest BCUT2D eigenvalue weighted by Gasteiger charge is -2.23. The van der Waals surface area contributed by atoms with Crippen LogP contribution in [0.5, 0.6) is 0 Å². The Bertz CT molecular complexity index is 3880. The van der Waals surface area contributed by atoms with Crippen molar-refractivity contribution in [2.75, 3.05) is 16.4 Å². The highest BCUT2D eigenvalue weighted by atomic mass is 79.9. The smallest absolute Gasteiger partial charge is 0.277 e. The van der Waals surface area contributed by atoms with Gasteiger partial charge in [-0.15, -0.1) is 0 Å². The highest BCUT2D eigenvalue weighted by molar-refractivity contribution is 9.10. The molecular weight excluding hydrogens is 1330 g/mol. The number of nitrogen functional groups attached to an aromatic ring is 1. The van der Waals surface area contributed by atoms with Crippen molar-refractivity contribution in [2.24, 2.45) is 5.73 Å². The maximum Gasteiger partial charge on any atom is 0.277 e. The van der Waals surface area contributed by atoms with E-state index in [1.165, 1.54) is 88.2 Å². The van der Waals surface area contributed by atoms with Crippen molar-refractivity contribution in [3.63, 3.8) is 0 Å². The number of hydrogen-bond donors (Lipinski definition) is 8. The van der Waals surface area contributed by atoms with E-state index in [1.54, 1.807) is 57.6 Å². The number of H-pyrrole nitrogens is 1. The fraction of sp³-hybridized carbons (Fsp3) is 0.167. The third kappa shape index (κ3) is 16.3. The average molecular weight is 1390 g/mol. The van der Waals surface area contributed by atoms with Crippen LogP contribution in [0.3, 0.4) is 0 Å². The topological polar surface area (TPSA) is 374 Å². The number of nitrogens with one attached hydrogen (secondary N) is 6. The van der Waals surface area contributed by atoms with Crippen molar-refractivity contribution in [3.05, 3.63) is 224 Å². The number of anilines is 5. The maximum atomic E-state index is 12.7. The van der Waals surface area contributed by atoms with Gasteiger partial charge in [0.2, 0.25) is 0 Å². The summed E-state index contributed by atoms with van der Waals surface area (Å²) >= 11 is 29.9. The van der Waals surface area contributed by atoms with Crippen LogP contribution in [0.4, 0.5) is 28.8 Å². The third-order valence-electron chi connectivity index (χ3n) is 11.5. The number of nitrogens with zero attached hydrogens (tertiary/aromatic N) is 9. The van der Waals surface area contributed by atoms with Gasteiger partial charge in [-0.1, -0.05) is 87.6 Å². The average Bonchev–Trinajstić information content (AvgIpc) is 1.72. The quantitative estimate of drug-likeness (QED) is 0.0499. The van der Waals surface area contributed by atoms with E-state index in [9.17, 15) is 43.2 Å². The Hall–Kier alpha value is -8.93. The minimum atomic E-state index is -1.03. The number of nitrogens with two attached hydrogens (primary N) is 2. The number of aromatic nitrogens is 10. The van der Waals surface area contributed by atoms with E-state index < -0.39 is 51.4 Å². The lowest BCUT2D eigenvalue weighted by atomic mass is 10.2. The van der Waals surface area contributed by atoms with Gasteiger partial charge in [0.15, 0.2) is 5.78 Å². The molecule has 452 valence electrons. The summed E-state index contributed by atoms with van der Waals surface area (Å²) in [6.07, 6.45) is 14.5. The molecule has 0 fully saturated rings. The lowest BCUT2D eigenvalue weighted by Crippen LogP contribution is -2.43. The molecule has 0 bridgehead atoms. The molecule has 0 aromatic carbocycles. The molecule has 3 unspecified atom stereocenters. The molecule has 3 aliphatic heterocycles. The molecule has 0 radical (unpaired) electrons. The minimum absolute atomic E-state index is 0. The Balaban J connectivity index is 0.000000284. The molecule has 3 atom stereocenters. The standard InChI is InChI=1S/2C14H12ClN5O2.C10H8BrClN2O2.C6H4BrClN2O2.C4H5N3.C4H6O.2CH4/c2*1-3-14(2)19-12(21)11-8(15)6-9(13(22)20(11)14)18-10-4-5-16-7-17-10;1-3-10(2)13-8(15)7-6(12)4-5(11)9(16)14(7)10;7-2-1-3(8)4(5(9)11)10-6(2)12;5-4-1-2-6-3-7-4;1-3-4(2)5;;/h2*3-7H,1H2,2H3,(H,19,21)(H,16,17,18);3-4H,1H2,2H3,(H,13,15);1H,(H2,9,11)(H,10,12);1-3H,(H2,5,6,7);3H,1H2,2H3;2*1H4. The summed E-state index contributed by atoms with van der Waals surface area (Å²) in [5.41, 5.74) is 6.29. The van der Waals surface area contributed by atoms with Gasteiger partial charge in [-0.3, -0.25) is 56.9 Å². The molecule has 0 spiro atoms. The van der Waals surface area contributed by atoms with Crippen molar-refractivity contribution in [1.29, 1.82) is 0 Å². The number of pyridine rings is 4.